The lowest BCUT2D eigenvalue weighted by Crippen LogP contribution is -1.84. The summed E-state index contributed by atoms with van der Waals surface area (Å²) in [5.74, 6) is 0. The molecule has 3 nitrogen and oxygen atoms in total. The zero-order chi connectivity index (χ0) is 10.8. The lowest BCUT2D eigenvalue weighted by atomic mass is 10.3. The van der Waals surface area contributed by atoms with Crippen molar-refractivity contribution in [3.8, 4) is 0 Å². The van der Waals surface area contributed by atoms with E-state index in [1.54, 1.807) is 11.8 Å². The molecule has 0 bridgehead atoms. The Morgan fingerprint density at radius 1 is 1.47 bits per heavy atom. The molecule has 0 aliphatic rings. The molecule has 0 fully saturated rings. The average molecular weight is 219 g/mol. The van der Waals surface area contributed by atoms with Gasteiger partial charge in [-0.1, -0.05) is 0 Å². The maximum absolute atomic E-state index is 4.49. The Hall–Kier alpha value is -1.29. The summed E-state index contributed by atoms with van der Waals surface area (Å²) < 4.78 is 2.00. The van der Waals surface area contributed by atoms with Gasteiger partial charge in [0.05, 0.1) is 28.1 Å². The van der Waals surface area contributed by atoms with E-state index < -0.39 is 0 Å². The summed E-state index contributed by atoms with van der Waals surface area (Å²) in [6.07, 6.45) is 3.85. The van der Waals surface area contributed by atoms with Crippen LogP contribution >= 0.6 is 11.8 Å². The van der Waals surface area contributed by atoms with Gasteiger partial charge >= 0.3 is 0 Å². The number of aromatic nitrogens is 2. The van der Waals surface area contributed by atoms with Crippen LogP contribution in [0, 0.1) is 0 Å². The van der Waals surface area contributed by atoms with Crippen LogP contribution in [-0.2, 0) is 7.05 Å². The highest BCUT2D eigenvalue weighted by Crippen LogP contribution is 2.20. The van der Waals surface area contributed by atoms with Gasteiger partial charge in [0.25, 0.3) is 0 Å². The molecule has 1 heterocycles. The van der Waals surface area contributed by atoms with E-state index in [1.165, 1.54) is 0 Å². The SMILES string of the molecule is CSC(C)=Nc1ccc2ncn(C)c2c1. The van der Waals surface area contributed by atoms with Crippen LogP contribution < -0.4 is 0 Å². The third-order valence-electron chi connectivity index (χ3n) is 2.29. The number of thioether (sulfide) groups is 1. The van der Waals surface area contributed by atoms with E-state index in [1.807, 2.05) is 43.3 Å². The predicted octanol–water partition coefficient (Wildman–Crippen LogP) is 2.99. The lowest BCUT2D eigenvalue weighted by molar-refractivity contribution is 0.947. The molecular formula is C11H13N3S. The number of fused-ring (bicyclic) bond motifs is 1. The highest BCUT2D eigenvalue weighted by atomic mass is 32.2. The van der Waals surface area contributed by atoms with Crippen LogP contribution in [0.4, 0.5) is 5.69 Å². The van der Waals surface area contributed by atoms with Gasteiger partial charge in [-0.05, 0) is 31.4 Å². The molecule has 0 aliphatic carbocycles. The van der Waals surface area contributed by atoms with Crippen molar-refractivity contribution in [1.82, 2.24) is 9.55 Å². The van der Waals surface area contributed by atoms with Crippen LogP contribution in [-0.4, -0.2) is 20.9 Å². The van der Waals surface area contributed by atoms with E-state index in [0.717, 1.165) is 21.8 Å². The van der Waals surface area contributed by atoms with Crippen LogP contribution in [0.5, 0.6) is 0 Å². The van der Waals surface area contributed by atoms with E-state index in [4.69, 9.17) is 0 Å². The van der Waals surface area contributed by atoms with Crippen molar-refractivity contribution in [2.75, 3.05) is 6.26 Å². The molecular weight excluding hydrogens is 206 g/mol. The number of aliphatic imine (C=N–C) groups is 1. The van der Waals surface area contributed by atoms with E-state index in [0.29, 0.717) is 0 Å². The van der Waals surface area contributed by atoms with Gasteiger partial charge in [0, 0.05) is 7.05 Å². The second kappa shape index (κ2) is 4.06. The Bertz CT molecular complexity index is 514. The molecule has 4 heteroatoms. The maximum Gasteiger partial charge on any atom is 0.0955 e. The first-order valence-electron chi connectivity index (χ1n) is 4.71. The minimum absolute atomic E-state index is 0.984. The highest BCUT2D eigenvalue weighted by Gasteiger charge is 2.00. The van der Waals surface area contributed by atoms with Crippen molar-refractivity contribution < 1.29 is 0 Å². The summed E-state index contributed by atoms with van der Waals surface area (Å²) in [5, 5.41) is 1.07. The summed E-state index contributed by atoms with van der Waals surface area (Å²) in [4.78, 5) is 8.75. The Kier molecular flexibility index (Phi) is 2.77. The number of hydrogen-bond donors (Lipinski definition) is 0. The number of benzene rings is 1. The van der Waals surface area contributed by atoms with Crippen LogP contribution in [0.1, 0.15) is 6.92 Å². The Labute approximate surface area is 93.2 Å². The molecule has 0 atom stereocenters. The molecule has 0 spiro atoms. The molecule has 1 aromatic heterocycles. The van der Waals surface area contributed by atoms with Crippen molar-refractivity contribution in [3.05, 3.63) is 24.5 Å². The van der Waals surface area contributed by atoms with Gasteiger partial charge in [0.15, 0.2) is 0 Å². The normalized spacial score (nSPS) is 12.3. The molecule has 0 N–H and O–H groups in total. The molecule has 0 radical (unpaired) electrons. The summed E-state index contributed by atoms with van der Waals surface area (Å²) in [6.45, 7) is 2.01. The van der Waals surface area contributed by atoms with Gasteiger partial charge < -0.3 is 4.57 Å². The fraction of sp³-hybridized carbons (Fsp3) is 0.273. The van der Waals surface area contributed by atoms with Gasteiger partial charge in [0.1, 0.15) is 0 Å². The zero-order valence-corrected chi connectivity index (χ0v) is 9.88. The molecule has 0 unspecified atom stereocenters. The number of imidazole rings is 1. The van der Waals surface area contributed by atoms with Crippen LogP contribution in [0.3, 0.4) is 0 Å². The van der Waals surface area contributed by atoms with Gasteiger partial charge in [-0.15, -0.1) is 11.8 Å². The van der Waals surface area contributed by atoms with E-state index in [2.05, 4.69) is 16.0 Å². The number of hydrogen-bond acceptors (Lipinski definition) is 3. The molecule has 0 aliphatic heterocycles. The Morgan fingerprint density at radius 3 is 3.00 bits per heavy atom. The van der Waals surface area contributed by atoms with Gasteiger partial charge in [-0.2, -0.15) is 0 Å². The first-order chi connectivity index (χ1) is 7.20. The smallest absolute Gasteiger partial charge is 0.0955 e. The quantitative estimate of drug-likeness (QED) is 0.545. The molecule has 2 aromatic rings. The first kappa shape index (κ1) is 10.2. The fourth-order valence-corrected chi connectivity index (χ4v) is 1.61. The molecule has 1 aromatic carbocycles. The number of rotatable bonds is 1. The lowest BCUT2D eigenvalue weighted by Gasteiger charge is -1.98. The standard InChI is InChI=1S/C11H13N3S/c1-8(15-3)13-9-4-5-10-11(6-9)14(2)7-12-10/h4-7H,1-3H3. The van der Waals surface area contributed by atoms with E-state index in [9.17, 15) is 0 Å². The minimum atomic E-state index is 0.984. The van der Waals surface area contributed by atoms with Crippen molar-refractivity contribution in [3.63, 3.8) is 0 Å². The predicted molar refractivity (Wildman–Crippen MR) is 67.0 cm³/mol. The summed E-state index contributed by atoms with van der Waals surface area (Å²) in [7, 11) is 1.99. The Balaban J connectivity index is 2.50. The van der Waals surface area contributed by atoms with E-state index in [-0.39, 0.29) is 0 Å². The molecule has 0 saturated heterocycles. The van der Waals surface area contributed by atoms with Crippen LogP contribution in [0.2, 0.25) is 0 Å². The maximum atomic E-state index is 4.49. The molecule has 2 rings (SSSR count). The summed E-state index contributed by atoms with van der Waals surface area (Å²) in [5.41, 5.74) is 3.11. The first-order valence-corrected chi connectivity index (χ1v) is 5.93. The zero-order valence-electron chi connectivity index (χ0n) is 9.06. The van der Waals surface area contributed by atoms with Gasteiger partial charge in [-0.25, -0.2) is 9.98 Å². The van der Waals surface area contributed by atoms with Gasteiger partial charge in [0.2, 0.25) is 0 Å². The minimum Gasteiger partial charge on any atom is -0.334 e. The van der Waals surface area contributed by atoms with Crippen LogP contribution in [0.25, 0.3) is 11.0 Å². The average Bonchev–Trinajstić information content (AvgIpc) is 2.60. The van der Waals surface area contributed by atoms with Crippen molar-refractivity contribution in [2.45, 2.75) is 6.92 Å². The molecule has 0 amide bonds. The molecule has 78 valence electrons. The number of aryl methyl sites for hydroxylation is 1. The second-order valence-corrected chi connectivity index (χ2v) is 4.36. The second-order valence-electron chi connectivity index (χ2n) is 3.36. The third kappa shape index (κ3) is 2.04. The van der Waals surface area contributed by atoms with Crippen molar-refractivity contribution >= 4 is 33.5 Å². The third-order valence-corrected chi connectivity index (χ3v) is 2.97. The topological polar surface area (TPSA) is 30.2 Å². The van der Waals surface area contributed by atoms with Crippen molar-refractivity contribution in [2.24, 2.45) is 12.0 Å². The largest absolute Gasteiger partial charge is 0.334 e. The Morgan fingerprint density at radius 2 is 2.27 bits per heavy atom. The molecule has 0 saturated carbocycles. The summed E-state index contributed by atoms with van der Waals surface area (Å²) >= 11 is 1.66. The van der Waals surface area contributed by atoms with Gasteiger partial charge in [-0.3, -0.25) is 0 Å². The fourth-order valence-electron chi connectivity index (χ4n) is 1.41. The van der Waals surface area contributed by atoms with Crippen LogP contribution in [0.15, 0.2) is 29.5 Å². The molecule has 15 heavy (non-hydrogen) atoms. The van der Waals surface area contributed by atoms with Crippen molar-refractivity contribution in [1.29, 1.82) is 0 Å². The summed E-state index contributed by atoms with van der Waals surface area (Å²) in [6, 6.07) is 6.05. The monoisotopic (exact) mass is 219 g/mol. The van der Waals surface area contributed by atoms with E-state index >= 15 is 0 Å². The highest BCUT2D eigenvalue weighted by molar-refractivity contribution is 8.13. The number of nitrogens with zero attached hydrogens (tertiary/aromatic N) is 3.